The Morgan fingerprint density at radius 1 is 1.11 bits per heavy atom. The van der Waals surface area contributed by atoms with Gasteiger partial charge in [0.2, 0.25) is 0 Å². The molecule has 0 aliphatic heterocycles. The van der Waals surface area contributed by atoms with Crippen LogP contribution in [0.1, 0.15) is 15.9 Å². The van der Waals surface area contributed by atoms with Gasteiger partial charge in [0.1, 0.15) is 0 Å². The molecule has 2 aromatic carbocycles. The third-order valence-electron chi connectivity index (χ3n) is 2.59. The lowest BCUT2D eigenvalue weighted by atomic mass is 10.2. The molecule has 19 heavy (non-hydrogen) atoms. The van der Waals surface area contributed by atoms with E-state index >= 15 is 0 Å². The van der Waals surface area contributed by atoms with Crippen molar-refractivity contribution >= 4 is 29.3 Å². The number of ether oxygens (including phenoxy) is 1. The lowest BCUT2D eigenvalue weighted by Gasteiger charge is -2.04. The van der Waals surface area contributed by atoms with Crippen LogP contribution in [-0.2, 0) is 10.5 Å². The smallest absolute Gasteiger partial charge is 0.337 e. The van der Waals surface area contributed by atoms with E-state index in [1.807, 2.05) is 36.4 Å². The van der Waals surface area contributed by atoms with Gasteiger partial charge in [-0.1, -0.05) is 23.7 Å². The number of rotatable bonds is 4. The van der Waals surface area contributed by atoms with Crippen LogP contribution < -0.4 is 0 Å². The number of thioether (sulfide) groups is 1. The lowest BCUT2D eigenvalue weighted by molar-refractivity contribution is 0.0600. The molecule has 0 unspecified atom stereocenters. The fraction of sp³-hybridized carbons (Fsp3) is 0.133. The molecule has 0 saturated carbocycles. The number of carbonyl (C=O) groups is 1. The van der Waals surface area contributed by atoms with Crippen molar-refractivity contribution in [2.75, 3.05) is 7.11 Å². The van der Waals surface area contributed by atoms with Crippen LogP contribution in [0.4, 0.5) is 0 Å². The van der Waals surface area contributed by atoms with Crippen LogP contribution in [0.3, 0.4) is 0 Å². The predicted molar refractivity (Wildman–Crippen MR) is 78.8 cm³/mol. The summed E-state index contributed by atoms with van der Waals surface area (Å²) < 4.78 is 4.66. The molecule has 98 valence electrons. The highest BCUT2D eigenvalue weighted by molar-refractivity contribution is 7.98. The molecule has 0 fully saturated rings. The second kappa shape index (κ2) is 6.64. The van der Waals surface area contributed by atoms with Gasteiger partial charge in [0.05, 0.1) is 12.7 Å². The first-order valence-electron chi connectivity index (χ1n) is 5.74. The van der Waals surface area contributed by atoms with E-state index in [2.05, 4.69) is 4.74 Å². The molecule has 0 N–H and O–H groups in total. The topological polar surface area (TPSA) is 26.3 Å². The summed E-state index contributed by atoms with van der Waals surface area (Å²) in [6.07, 6.45) is 0. The van der Waals surface area contributed by atoms with Crippen molar-refractivity contribution in [3.63, 3.8) is 0 Å². The van der Waals surface area contributed by atoms with Crippen LogP contribution in [0.25, 0.3) is 0 Å². The van der Waals surface area contributed by atoms with E-state index in [0.29, 0.717) is 5.56 Å². The van der Waals surface area contributed by atoms with Crippen molar-refractivity contribution in [2.45, 2.75) is 10.6 Å². The maximum Gasteiger partial charge on any atom is 0.337 e. The number of esters is 1. The van der Waals surface area contributed by atoms with Gasteiger partial charge in [-0.3, -0.25) is 0 Å². The highest BCUT2D eigenvalue weighted by Crippen LogP contribution is 2.24. The van der Waals surface area contributed by atoms with Gasteiger partial charge < -0.3 is 4.74 Å². The summed E-state index contributed by atoms with van der Waals surface area (Å²) >= 11 is 7.55. The molecule has 0 spiro atoms. The van der Waals surface area contributed by atoms with Crippen LogP contribution in [-0.4, -0.2) is 13.1 Å². The van der Waals surface area contributed by atoms with Crippen molar-refractivity contribution in [2.24, 2.45) is 0 Å². The van der Waals surface area contributed by atoms with E-state index in [4.69, 9.17) is 11.6 Å². The molecule has 2 aromatic rings. The summed E-state index contributed by atoms with van der Waals surface area (Å²) in [5.41, 5.74) is 1.78. The Morgan fingerprint density at radius 3 is 2.32 bits per heavy atom. The van der Waals surface area contributed by atoms with Gasteiger partial charge >= 0.3 is 5.97 Å². The van der Waals surface area contributed by atoms with Crippen LogP contribution in [0, 0.1) is 0 Å². The maximum absolute atomic E-state index is 11.3. The third kappa shape index (κ3) is 4.01. The van der Waals surface area contributed by atoms with Gasteiger partial charge in [0.15, 0.2) is 0 Å². The molecule has 0 atom stereocenters. The highest BCUT2D eigenvalue weighted by atomic mass is 35.5. The van der Waals surface area contributed by atoms with Gasteiger partial charge in [-0.25, -0.2) is 4.79 Å². The molecule has 0 amide bonds. The third-order valence-corrected chi connectivity index (χ3v) is 3.93. The van der Waals surface area contributed by atoms with Crippen molar-refractivity contribution in [3.05, 3.63) is 64.7 Å². The molecule has 0 bridgehead atoms. The van der Waals surface area contributed by atoms with Crippen molar-refractivity contribution in [1.82, 2.24) is 0 Å². The minimum absolute atomic E-state index is 0.311. The average Bonchev–Trinajstić information content (AvgIpc) is 2.46. The van der Waals surface area contributed by atoms with Crippen molar-refractivity contribution in [3.8, 4) is 0 Å². The summed E-state index contributed by atoms with van der Waals surface area (Å²) in [6.45, 7) is 0. The van der Waals surface area contributed by atoms with Crippen LogP contribution in [0.15, 0.2) is 53.4 Å². The summed E-state index contributed by atoms with van der Waals surface area (Å²) in [7, 11) is 1.38. The van der Waals surface area contributed by atoms with E-state index in [-0.39, 0.29) is 5.97 Å². The van der Waals surface area contributed by atoms with Crippen LogP contribution in [0.5, 0.6) is 0 Å². The zero-order chi connectivity index (χ0) is 13.7. The molecule has 0 saturated heterocycles. The van der Waals surface area contributed by atoms with Gasteiger partial charge in [0, 0.05) is 15.7 Å². The monoisotopic (exact) mass is 292 g/mol. The quantitative estimate of drug-likeness (QED) is 0.616. The second-order valence-corrected chi connectivity index (χ2v) is 5.42. The molecule has 2 rings (SSSR count). The lowest BCUT2D eigenvalue weighted by Crippen LogP contribution is -2.00. The van der Waals surface area contributed by atoms with Crippen LogP contribution >= 0.6 is 23.4 Å². The summed E-state index contributed by atoms with van der Waals surface area (Å²) in [6, 6.07) is 15.2. The van der Waals surface area contributed by atoms with Crippen molar-refractivity contribution in [1.29, 1.82) is 0 Å². The van der Waals surface area contributed by atoms with Gasteiger partial charge in [0.25, 0.3) is 0 Å². The summed E-state index contributed by atoms with van der Waals surface area (Å²) in [4.78, 5) is 12.4. The van der Waals surface area contributed by atoms with Gasteiger partial charge in [-0.15, -0.1) is 11.8 Å². The second-order valence-electron chi connectivity index (χ2n) is 3.93. The number of benzene rings is 2. The van der Waals surface area contributed by atoms with Gasteiger partial charge in [-0.05, 0) is 42.0 Å². The predicted octanol–water partition coefficient (Wildman–Crippen LogP) is 4.42. The van der Waals surface area contributed by atoms with Crippen molar-refractivity contribution < 1.29 is 9.53 Å². The van der Waals surface area contributed by atoms with E-state index < -0.39 is 0 Å². The Bertz CT molecular complexity index is 549. The number of hydrogen-bond acceptors (Lipinski definition) is 3. The standard InChI is InChI=1S/C15H13ClO2S/c1-18-15(17)12-4-8-14(9-5-12)19-10-11-2-6-13(16)7-3-11/h2-9H,10H2,1H3. The number of methoxy groups -OCH3 is 1. The number of hydrogen-bond donors (Lipinski definition) is 0. The minimum Gasteiger partial charge on any atom is -0.465 e. The maximum atomic E-state index is 11.3. The Morgan fingerprint density at radius 2 is 1.74 bits per heavy atom. The number of carbonyl (C=O) groups excluding carboxylic acids is 1. The fourth-order valence-corrected chi connectivity index (χ4v) is 2.53. The van der Waals surface area contributed by atoms with E-state index in [1.165, 1.54) is 12.7 Å². The molecular formula is C15H13ClO2S. The molecule has 4 heteroatoms. The minimum atomic E-state index is -0.311. The van der Waals surface area contributed by atoms with E-state index in [1.54, 1.807) is 23.9 Å². The average molecular weight is 293 g/mol. The zero-order valence-corrected chi connectivity index (χ0v) is 12.0. The zero-order valence-electron chi connectivity index (χ0n) is 10.4. The Hall–Kier alpha value is -1.45. The first-order chi connectivity index (χ1) is 9.19. The van der Waals surface area contributed by atoms with E-state index in [9.17, 15) is 4.79 Å². The normalized spacial score (nSPS) is 10.2. The fourth-order valence-electron chi connectivity index (χ4n) is 1.55. The largest absolute Gasteiger partial charge is 0.465 e. The van der Waals surface area contributed by atoms with E-state index in [0.717, 1.165) is 15.7 Å². The number of halogens is 1. The first kappa shape index (κ1) is 14.0. The summed E-state index contributed by atoms with van der Waals surface area (Å²) in [5.74, 6) is 0.559. The Kier molecular flexibility index (Phi) is 4.88. The SMILES string of the molecule is COC(=O)c1ccc(SCc2ccc(Cl)cc2)cc1. The Labute approximate surface area is 121 Å². The molecular weight excluding hydrogens is 280 g/mol. The summed E-state index contributed by atoms with van der Waals surface area (Å²) in [5, 5.41) is 0.746. The highest BCUT2D eigenvalue weighted by Gasteiger charge is 2.04. The molecule has 2 nitrogen and oxygen atoms in total. The Balaban J connectivity index is 1.96. The van der Waals surface area contributed by atoms with Crippen LogP contribution in [0.2, 0.25) is 5.02 Å². The molecule has 0 heterocycles. The molecule has 0 aliphatic carbocycles. The molecule has 0 radical (unpaired) electrons. The molecule has 0 aromatic heterocycles. The molecule has 0 aliphatic rings. The van der Waals surface area contributed by atoms with Gasteiger partial charge in [-0.2, -0.15) is 0 Å². The first-order valence-corrected chi connectivity index (χ1v) is 7.11.